The third-order valence-electron chi connectivity index (χ3n) is 4.90. The highest BCUT2D eigenvalue weighted by molar-refractivity contribution is 5.75. The van der Waals surface area contributed by atoms with Gasteiger partial charge in [0.15, 0.2) is 0 Å². The second-order valence-corrected chi connectivity index (χ2v) is 6.31. The van der Waals surface area contributed by atoms with E-state index < -0.39 is 0 Å². The number of aromatic nitrogens is 2. The molecule has 3 rings (SSSR count). The van der Waals surface area contributed by atoms with Gasteiger partial charge in [0, 0.05) is 37.9 Å². The molecular weight excluding hydrogens is 264 g/mol. The van der Waals surface area contributed by atoms with Gasteiger partial charge in [-0.2, -0.15) is 0 Å². The van der Waals surface area contributed by atoms with Gasteiger partial charge in [-0.3, -0.25) is 0 Å². The van der Waals surface area contributed by atoms with Gasteiger partial charge in [-0.1, -0.05) is 20.3 Å². The Morgan fingerprint density at radius 2 is 2.33 bits per heavy atom. The van der Waals surface area contributed by atoms with Crippen LogP contribution >= 0.6 is 0 Å². The van der Waals surface area contributed by atoms with Crippen LogP contribution in [-0.2, 0) is 6.42 Å². The molecule has 2 heterocycles. The normalized spacial score (nSPS) is 28.5. The molecule has 5 nitrogen and oxygen atoms in total. The van der Waals surface area contributed by atoms with Crippen LogP contribution in [-0.4, -0.2) is 39.6 Å². The largest absolute Gasteiger partial charge is 0.335 e. The number of likely N-dealkylation sites (tertiary alicyclic amines) is 1. The monoisotopic (exact) mass is 290 g/mol. The first-order valence-corrected chi connectivity index (χ1v) is 8.30. The molecule has 2 aliphatic rings. The maximum absolute atomic E-state index is 12.4. The van der Waals surface area contributed by atoms with E-state index in [1.807, 2.05) is 11.1 Å². The van der Waals surface area contributed by atoms with E-state index in [0.29, 0.717) is 18.0 Å². The van der Waals surface area contributed by atoms with Crippen LogP contribution in [0.5, 0.6) is 0 Å². The summed E-state index contributed by atoms with van der Waals surface area (Å²) in [5.41, 5.74) is 0. The van der Waals surface area contributed by atoms with E-state index in [0.717, 1.165) is 44.6 Å². The van der Waals surface area contributed by atoms with Crippen molar-refractivity contribution in [2.45, 2.75) is 58.0 Å². The predicted molar refractivity (Wildman–Crippen MR) is 82.2 cm³/mol. The molecule has 5 heteroatoms. The average molecular weight is 290 g/mol. The molecule has 21 heavy (non-hydrogen) atoms. The van der Waals surface area contributed by atoms with E-state index in [-0.39, 0.29) is 6.03 Å². The number of carbonyl (C=O) groups excluding carboxylic acids is 1. The Bertz CT molecular complexity index is 498. The molecule has 0 aromatic carbocycles. The lowest BCUT2D eigenvalue weighted by atomic mass is 10.1. The maximum atomic E-state index is 12.4. The van der Waals surface area contributed by atoms with Gasteiger partial charge in [-0.15, -0.1) is 0 Å². The summed E-state index contributed by atoms with van der Waals surface area (Å²) in [5.74, 6) is 1.82. The Kier molecular flexibility index (Phi) is 4.17. The molecule has 0 bridgehead atoms. The molecule has 1 saturated heterocycles. The fraction of sp³-hybridized carbons (Fsp3) is 0.750. The number of hydrogen-bond donors (Lipinski definition) is 1. The third kappa shape index (κ3) is 3.06. The lowest BCUT2D eigenvalue weighted by Crippen LogP contribution is -2.47. The first-order valence-electron chi connectivity index (χ1n) is 8.30. The number of hydrogen-bond acceptors (Lipinski definition) is 2. The highest BCUT2D eigenvalue weighted by Gasteiger charge is 2.38. The maximum Gasteiger partial charge on any atom is 0.317 e. The van der Waals surface area contributed by atoms with Crippen molar-refractivity contribution in [2.75, 3.05) is 13.1 Å². The Hall–Kier alpha value is -1.52. The van der Waals surface area contributed by atoms with Crippen molar-refractivity contribution < 1.29 is 4.79 Å². The van der Waals surface area contributed by atoms with E-state index in [1.54, 1.807) is 0 Å². The standard InChI is InChI=1S/C16H26N4O/c1-3-12-10-14(12)18-16(21)19-8-5-6-13(11-19)20-9-7-17-15(20)4-2/h7,9,12-14H,3-6,8,10-11H2,1-2H3,(H,18,21)/t12-,13+,14-/m1/s1. The van der Waals surface area contributed by atoms with Gasteiger partial charge < -0.3 is 14.8 Å². The van der Waals surface area contributed by atoms with Gasteiger partial charge in [0.2, 0.25) is 0 Å². The quantitative estimate of drug-likeness (QED) is 0.926. The lowest BCUT2D eigenvalue weighted by molar-refractivity contribution is 0.165. The number of aryl methyl sites for hydroxylation is 1. The minimum atomic E-state index is 0.124. The highest BCUT2D eigenvalue weighted by atomic mass is 16.2. The van der Waals surface area contributed by atoms with Crippen LogP contribution in [0.25, 0.3) is 0 Å². The number of amides is 2. The van der Waals surface area contributed by atoms with Crippen LogP contribution in [0.15, 0.2) is 12.4 Å². The first-order chi connectivity index (χ1) is 10.2. The van der Waals surface area contributed by atoms with Crippen LogP contribution in [0.3, 0.4) is 0 Å². The second-order valence-electron chi connectivity index (χ2n) is 6.31. The van der Waals surface area contributed by atoms with Crippen molar-refractivity contribution in [3.8, 4) is 0 Å². The molecule has 0 radical (unpaired) electrons. The van der Waals surface area contributed by atoms with Gasteiger partial charge in [0.1, 0.15) is 5.82 Å². The average Bonchev–Trinajstić information content (AvgIpc) is 3.09. The van der Waals surface area contributed by atoms with Gasteiger partial charge in [0.25, 0.3) is 0 Å². The summed E-state index contributed by atoms with van der Waals surface area (Å²) in [6.45, 7) is 6.00. The number of rotatable bonds is 4. The molecule has 0 unspecified atom stereocenters. The summed E-state index contributed by atoms with van der Waals surface area (Å²) >= 11 is 0. The summed E-state index contributed by atoms with van der Waals surface area (Å²) in [5, 5.41) is 3.18. The number of urea groups is 1. The summed E-state index contributed by atoms with van der Waals surface area (Å²) in [6, 6.07) is 0.921. The van der Waals surface area contributed by atoms with Crippen molar-refractivity contribution in [1.29, 1.82) is 0 Å². The van der Waals surface area contributed by atoms with Gasteiger partial charge in [-0.05, 0) is 25.2 Å². The molecule has 1 aromatic rings. The Balaban J connectivity index is 1.59. The third-order valence-corrected chi connectivity index (χ3v) is 4.90. The first kappa shape index (κ1) is 14.4. The SMILES string of the molecule is CCc1nccn1[C@H]1CCCN(C(=O)N[C@@H]2C[C@H]2CC)C1. The molecule has 1 saturated carbocycles. The predicted octanol–water partition coefficient (Wildman–Crippen LogP) is 2.59. The number of nitrogens with one attached hydrogen (secondary N) is 1. The molecule has 2 fully saturated rings. The minimum absolute atomic E-state index is 0.124. The van der Waals surface area contributed by atoms with Crippen molar-refractivity contribution in [1.82, 2.24) is 19.8 Å². The van der Waals surface area contributed by atoms with E-state index in [2.05, 4.69) is 34.9 Å². The van der Waals surface area contributed by atoms with Gasteiger partial charge >= 0.3 is 6.03 Å². The second kappa shape index (κ2) is 6.08. The summed E-state index contributed by atoms with van der Waals surface area (Å²) < 4.78 is 2.26. The fourth-order valence-corrected chi connectivity index (χ4v) is 3.44. The van der Waals surface area contributed by atoms with E-state index in [1.165, 1.54) is 6.42 Å². The van der Waals surface area contributed by atoms with Crippen molar-refractivity contribution in [3.63, 3.8) is 0 Å². The Morgan fingerprint density at radius 1 is 1.48 bits per heavy atom. The van der Waals surface area contributed by atoms with Crippen molar-refractivity contribution in [3.05, 3.63) is 18.2 Å². The van der Waals surface area contributed by atoms with Crippen LogP contribution in [0.2, 0.25) is 0 Å². The smallest absolute Gasteiger partial charge is 0.317 e. The molecule has 1 aliphatic heterocycles. The fourth-order valence-electron chi connectivity index (χ4n) is 3.44. The number of piperidine rings is 1. The van der Waals surface area contributed by atoms with E-state index in [9.17, 15) is 4.79 Å². The summed E-state index contributed by atoms with van der Waals surface area (Å²) in [7, 11) is 0. The zero-order valence-corrected chi connectivity index (χ0v) is 13.1. The minimum Gasteiger partial charge on any atom is -0.335 e. The topological polar surface area (TPSA) is 50.2 Å². The van der Waals surface area contributed by atoms with Crippen LogP contribution in [0.4, 0.5) is 4.79 Å². The van der Waals surface area contributed by atoms with Crippen molar-refractivity contribution >= 4 is 6.03 Å². The molecular formula is C16H26N4O. The van der Waals surface area contributed by atoms with E-state index in [4.69, 9.17) is 0 Å². The molecule has 3 atom stereocenters. The molecule has 1 aromatic heterocycles. The van der Waals surface area contributed by atoms with Crippen LogP contribution in [0.1, 0.15) is 51.4 Å². The number of nitrogens with zero attached hydrogens (tertiary/aromatic N) is 3. The molecule has 116 valence electrons. The van der Waals surface area contributed by atoms with Gasteiger partial charge in [-0.25, -0.2) is 9.78 Å². The zero-order valence-electron chi connectivity index (χ0n) is 13.1. The highest BCUT2D eigenvalue weighted by Crippen LogP contribution is 2.33. The lowest BCUT2D eigenvalue weighted by Gasteiger charge is -2.34. The van der Waals surface area contributed by atoms with E-state index >= 15 is 0 Å². The van der Waals surface area contributed by atoms with Crippen LogP contribution in [0, 0.1) is 5.92 Å². The molecule has 0 spiro atoms. The zero-order chi connectivity index (χ0) is 14.8. The van der Waals surface area contributed by atoms with Gasteiger partial charge in [0.05, 0.1) is 6.04 Å². The Morgan fingerprint density at radius 3 is 3.05 bits per heavy atom. The summed E-state index contributed by atoms with van der Waals surface area (Å²) in [6.07, 6.45) is 9.39. The summed E-state index contributed by atoms with van der Waals surface area (Å²) in [4.78, 5) is 18.8. The Labute approximate surface area is 126 Å². The number of imidazole rings is 1. The molecule has 1 N–H and O–H groups in total. The van der Waals surface area contributed by atoms with Crippen LogP contribution < -0.4 is 5.32 Å². The molecule has 1 aliphatic carbocycles. The van der Waals surface area contributed by atoms with Crippen molar-refractivity contribution in [2.24, 2.45) is 5.92 Å². The molecule has 2 amide bonds. The number of carbonyl (C=O) groups is 1.